The number of halogens is 1. The molecule has 0 aliphatic heterocycles. The van der Waals surface area contributed by atoms with Gasteiger partial charge in [-0.15, -0.1) is 10.2 Å². The van der Waals surface area contributed by atoms with Crippen LogP contribution in [0.3, 0.4) is 0 Å². The van der Waals surface area contributed by atoms with Crippen molar-refractivity contribution in [3.63, 3.8) is 0 Å². The molecule has 0 spiro atoms. The highest BCUT2D eigenvalue weighted by molar-refractivity contribution is 7.19. The van der Waals surface area contributed by atoms with Crippen molar-refractivity contribution in [2.24, 2.45) is 7.05 Å². The molecule has 0 radical (unpaired) electrons. The van der Waals surface area contributed by atoms with Crippen molar-refractivity contribution in [1.29, 1.82) is 0 Å². The van der Waals surface area contributed by atoms with Crippen LogP contribution in [0.2, 0.25) is 5.02 Å². The summed E-state index contributed by atoms with van der Waals surface area (Å²) in [6, 6.07) is 3.83. The van der Waals surface area contributed by atoms with Gasteiger partial charge in [0.2, 0.25) is 10.8 Å². The molecule has 4 rings (SSSR count). The Morgan fingerprint density at radius 2 is 2.14 bits per heavy atom. The number of pyridine rings is 1. The number of aryl methyl sites for hydroxylation is 1. The number of aromatic nitrogens is 7. The number of nitrogens with zero attached hydrogens (tertiary/aromatic N) is 7. The lowest BCUT2D eigenvalue weighted by molar-refractivity contribution is 0.764. The van der Waals surface area contributed by atoms with Gasteiger partial charge in [-0.1, -0.05) is 22.9 Å². The van der Waals surface area contributed by atoms with Gasteiger partial charge in [-0.3, -0.25) is 9.67 Å². The van der Waals surface area contributed by atoms with Gasteiger partial charge in [0.05, 0.1) is 11.2 Å². The van der Waals surface area contributed by atoms with E-state index in [-0.39, 0.29) is 0 Å². The summed E-state index contributed by atoms with van der Waals surface area (Å²) in [5.74, 6) is 0.571. The van der Waals surface area contributed by atoms with Gasteiger partial charge >= 0.3 is 0 Å². The zero-order valence-electron chi connectivity index (χ0n) is 10.8. The summed E-state index contributed by atoms with van der Waals surface area (Å²) >= 11 is 7.61. The molecule has 0 unspecified atom stereocenters. The number of hydrogen-bond donors (Lipinski definition) is 0. The van der Waals surface area contributed by atoms with Gasteiger partial charge in [0.25, 0.3) is 0 Å². The minimum Gasteiger partial charge on any atom is -0.264 e. The summed E-state index contributed by atoms with van der Waals surface area (Å²) in [5, 5.41) is 18.3. The van der Waals surface area contributed by atoms with Crippen LogP contribution in [0, 0.1) is 0 Å². The fourth-order valence-electron chi connectivity index (χ4n) is 2.03. The summed E-state index contributed by atoms with van der Waals surface area (Å²) in [6.45, 7) is 0. The molecule has 0 N–H and O–H groups in total. The lowest BCUT2D eigenvalue weighted by Crippen LogP contribution is -1.99. The molecule has 0 atom stereocenters. The second-order valence-electron chi connectivity index (χ2n) is 4.33. The van der Waals surface area contributed by atoms with Crippen LogP contribution in [0.4, 0.5) is 0 Å². The van der Waals surface area contributed by atoms with Crippen molar-refractivity contribution in [3.05, 3.63) is 35.7 Å². The quantitative estimate of drug-likeness (QED) is 0.567. The zero-order valence-corrected chi connectivity index (χ0v) is 12.4. The van der Waals surface area contributed by atoms with E-state index >= 15 is 0 Å². The highest BCUT2D eigenvalue weighted by Crippen LogP contribution is 2.30. The average Bonchev–Trinajstić information content (AvgIpc) is 3.16. The summed E-state index contributed by atoms with van der Waals surface area (Å²) in [7, 11) is 1.80. The van der Waals surface area contributed by atoms with Crippen molar-refractivity contribution in [3.8, 4) is 22.1 Å². The molecule has 0 aromatic carbocycles. The molecule has 0 amide bonds. The maximum atomic E-state index is 6.16. The first-order valence-corrected chi connectivity index (χ1v) is 7.24. The average molecular weight is 318 g/mol. The third-order valence-electron chi connectivity index (χ3n) is 3.01. The zero-order chi connectivity index (χ0) is 14.4. The molecule has 104 valence electrons. The second-order valence-corrected chi connectivity index (χ2v) is 5.69. The summed E-state index contributed by atoms with van der Waals surface area (Å²) in [4.78, 5) is 4.80. The highest BCUT2D eigenvalue weighted by Gasteiger charge is 2.19. The monoisotopic (exact) mass is 317 g/mol. The largest absolute Gasteiger partial charge is 0.264 e. The predicted octanol–water partition coefficient (Wildman–Crippen LogP) is 2.30. The van der Waals surface area contributed by atoms with Gasteiger partial charge < -0.3 is 0 Å². The molecule has 4 heterocycles. The minimum atomic E-state index is 0.516. The van der Waals surface area contributed by atoms with Gasteiger partial charge in [0, 0.05) is 25.0 Å². The van der Waals surface area contributed by atoms with E-state index in [1.807, 2.05) is 12.1 Å². The van der Waals surface area contributed by atoms with Gasteiger partial charge in [-0.05, 0) is 12.1 Å². The Balaban J connectivity index is 1.91. The van der Waals surface area contributed by atoms with E-state index in [1.165, 1.54) is 11.3 Å². The van der Waals surface area contributed by atoms with Crippen LogP contribution in [0.5, 0.6) is 0 Å². The van der Waals surface area contributed by atoms with Crippen molar-refractivity contribution in [2.45, 2.75) is 0 Å². The molecule has 4 aromatic rings. The van der Waals surface area contributed by atoms with Crippen LogP contribution in [0.15, 0.2) is 30.7 Å². The van der Waals surface area contributed by atoms with Crippen LogP contribution < -0.4 is 0 Å². The second kappa shape index (κ2) is 4.61. The summed E-state index contributed by atoms with van der Waals surface area (Å²) < 4.78 is 3.33. The fraction of sp³-hybridized carbons (Fsp3) is 0.0833. The first-order chi connectivity index (χ1) is 10.2. The molecule has 0 saturated heterocycles. The summed E-state index contributed by atoms with van der Waals surface area (Å²) in [6.07, 6.45) is 5.07. The number of hydrogen-bond acceptors (Lipinski definition) is 6. The Bertz CT molecular complexity index is 904. The lowest BCUT2D eigenvalue weighted by Gasteiger charge is -1.98. The predicted molar refractivity (Wildman–Crippen MR) is 79.1 cm³/mol. The van der Waals surface area contributed by atoms with E-state index in [4.69, 9.17) is 11.6 Å². The Kier molecular flexibility index (Phi) is 2.72. The Morgan fingerprint density at radius 1 is 1.24 bits per heavy atom. The van der Waals surface area contributed by atoms with Crippen molar-refractivity contribution >= 4 is 27.9 Å². The standard InChI is InChI=1S/C12H8ClN7S/c1-19-9(8(13)6-15-19)10-16-17-12-20(10)18-11(21-12)7-3-2-4-14-5-7/h2-6H,1H3. The molecule has 21 heavy (non-hydrogen) atoms. The van der Waals surface area contributed by atoms with Crippen LogP contribution in [0.25, 0.3) is 27.1 Å². The van der Waals surface area contributed by atoms with Gasteiger partial charge in [0.15, 0.2) is 0 Å². The molecule has 0 aliphatic rings. The number of fused-ring (bicyclic) bond motifs is 1. The van der Waals surface area contributed by atoms with Gasteiger partial charge in [0.1, 0.15) is 10.7 Å². The van der Waals surface area contributed by atoms with Crippen LogP contribution in [-0.4, -0.2) is 34.6 Å². The minimum absolute atomic E-state index is 0.516. The topological polar surface area (TPSA) is 73.8 Å². The normalized spacial score (nSPS) is 11.3. The first kappa shape index (κ1) is 12.4. The van der Waals surface area contributed by atoms with E-state index in [9.17, 15) is 0 Å². The van der Waals surface area contributed by atoms with Crippen molar-refractivity contribution in [1.82, 2.24) is 34.6 Å². The molecular weight excluding hydrogens is 310 g/mol. The van der Waals surface area contributed by atoms with Crippen molar-refractivity contribution in [2.75, 3.05) is 0 Å². The van der Waals surface area contributed by atoms with Gasteiger partial charge in [-0.2, -0.15) is 14.7 Å². The Morgan fingerprint density at radius 3 is 2.86 bits per heavy atom. The Labute approximate surface area is 127 Å². The SMILES string of the molecule is Cn1ncc(Cl)c1-c1nnc2sc(-c3cccnc3)nn12. The first-order valence-electron chi connectivity index (χ1n) is 6.04. The van der Waals surface area contributed by atoms with Crippen molar-refractivity contribution < 1.29 is 0 Å². The van der Waals surface area contributed by atoms with E-state index in [1.54, 1.807) is 34.8 Å². The maximum absolute atomic E-state index is 6.16. The smallest absolute Gasteiger partial charge is 0.235 e. The van der Waals surface area contributed by atoms with Crippen LogP contribution in [-0.2, 0) is 7.05 Å². The molecule has 0 saturated carbocycles. The lowest BCUT2D eigenvalue weighted by atomic mass is 10.3. The molecule has 4 aromatic heterocycles. The Hall–Kier alpha value is -2.32. The molecule has 7 nitrogen and oxygen atoms in total. The highest BCUT2D eigenvalue weighted by atomic mass is 35.5. The third-order valence-corrected chi connectivity index (χ3v) is 4.23. The molecule has 0 bridgehead atoms. The molecule has 0 fully saturated rings. The molecule has 9 heteroatoms. The maximum Gasteiger partial charge on any atom is 0.235 e. The van der Waals surface area contributed by atoms with E-state index < -0.39 is 0 Å². The third kappa shape index (κ3) is 1.91. The van der Waals surface area contributed by atoms with Crippen LogP contribution in [0.1, 0.15) is 0 Å². The summed E-state index contributed by atoms with van der Waals surface area (Å²) in [5.41, 5.74) is 1.63. The molecule has 0 aliphatic carbocycles. The van der Waals surface area contributed by atoms with E-state index in [2.05, 4.69) is 25.4 Å². The van der Waals surface area contributed by atoms with Crippen LogP contribution >= 0.6 is 22.9 Å². The number of rotatable bonds is 2. The van der Waals surface area contributed by atoms with E-state index in [0.29, 0.717) is 21.5 Å². The van der Waals surface area contributed by atoms with E-state index in [0.717, 1.165) is 10.6 Å². The fourth-order valence-corrected chi connectivity index (χ4v) is 3.11. The molecular formula is C12H8ClN7S. The van der Waals surface area contributed by atoms with Gasteiger partial charge in [-0.25, -0.2) is 0 Å².